The third-order valence-corrected chi connectivity index (χ3v) is 2.92. The Morgan fingerprint density at radius 1 is 1.05 bits per heavy atom. The predicted octanol–water partition coefficient (Wildman–Crippen LogP) is 3.65. The summed E-state index contributed by atoms with van der Waals surface area (Å²) < 4.78 is 18.8. The molecule has 0 saturated heterocycles. The summed E-state index contributed by atoms with van der Waals surface area (Å²) in [7, 11) is 0. The van der Waals surface area contributed by atoms with Crippen LogP contribution in [0.5, 0.6) is 5.75 Å². The smallest absolute Gasteiger partial charge is 0.183 e. The molecule has 0 aliphatic carbocycles. The van der Waals surface area contributed by atoms with Gasteiger partial charge in [-0.2, -0.15) is 0 Å². The van der Waals surface area contributed by atoms with Crippen LogP contribution in [0.1, 0.15) is 5.56 Å². The molecule has 2 aromatic carbocycles. The number of rotatable bonds is 6. The maximum Gasteiger partial charge on any atom is 0.183 e. The second-order valence-electron chi connectivity index (χ2n) is 4.06. The van der Waals surface area contributed by atoms with E-state index in [1.807, 2.05) is 30.3 Å². The van der Waals surface area contributed by atoms with E-state index in [1.165, 1.54) is 11.6 Å². The molecule has 100 valence electrons. The highest BCUT2D eigenvalue weighted by atomic mass is 35.5. The topological polar surface area (TPSA) is 21.3 Å². The van der Waals surface area contributed by atoms with E-state index in [0.29, 0.717) is 13.2 Å². The Balaban J connectivity index is 1.71. The maximum atomic E-state index is 13.5. The lowest BCUT2D eigenvalue weighted by atomic mass is 10.2. The van der Waals surface area contributed by atoms with Crippen molar-refractivity contribution in [3.63, 3.8) is 0 Å². The van der Waals surface area contributed by atoms with Gasteiger partial charge in [0.2, 0.25) is 0 Å². The minimum absolute atomic E-state index is 0.0785. The Hall–Kier alpha value is -1.58. The molecule has 2 rings (SSSR count). The number of ether oxygens (including phenoxy) is 1. The second-order valence-corrected chi connectivity index (χ2v) is 4.47. The normalized spacial score (nSPS) is 10.4. The van der Waals surface area contributed by atoms with Crippen molar-refractivity contribution >= 4 is 11.6 Å². The van der Waals surface area contributed by atoms with Gasteiger partial charge in [-0.25, -0.2) is 4.39 Å². The fourth-order valence-corrected chi connectivity index (χ4v) is 1.82. The summed E-state index contributed by atoms with van der Waals surface area (Å²) in [6.07, 6.45) is 0. The van der Waals surface area contributed by atoms with E-state index < -0.39 is 5.82 Å². The number of benzene rings is 2. The molecule has 0 heterocycles. The van der Waals surface area contributed by atoms with E-state index >= 15 is 0 Å². The van der Waals surface area contributed by atoms with Crippen LogP contribution in [0.15, 0.2) is 48.5 Å². The van der Waals surface area contributed by atoms with Crippen LogP contribution in [0.2, 0.25) is 5.02 Å². The van der Waals surface area contributed by atoms with E-state index in [1.54, 1.807) is 12.1 Å². The number of halogens is 2. The molecule has 0 atom stereocenters. The lowest BCUT2D eigenvalue weighted by Crippen LogP contribution is -2.20. The minimum atomic E-state index is -0.507. The summed E-state index contributed by atoms with van der Waals surface area (Å²) in [5, 5.41) is 3.30. The first-order valence-corrected chi connectivity index (χ1v) is 6.46. The van der Waals surface area contributed by atoms with Crippen molar-refractivity contribution in [2.45, 2.75) is 6.54 Å². The molecular weight excluding hydrogens is 265 g/mol. The van der Waals surface area contributed by atoms with Gasteiger partial charge in [0.1, 0.15) is 6.61 Å². The molecule has 2 nitrogen and oxygen atoms in total. The largest absolute Gasteiger partial charge is 0.489 e. The standard InChI is InChI=1S/C15H15ClFNO/c16-13-7-4-8-14(15(13)17)19-10-9-18-11-12-5-2-1-3-6-12/h1-8,18H,9-11H2. The first kappa shape index (κ1) is 13.8. The molecule has 0 aliphatic rings. The summed E-state index contributed by atoms with van der Waals surface area (Å²) >= 11 is 5.66. The number of hydrogen-bond donors (Lipinski definition) is 1. The molecule has 1 N–H and O–H groups in total. The van der Waals surface area contributed by atoms with Crippen molar-refractivity contribution in [3.05, 3.63) is 64.9 Å². The average molecular weight is 280 g/mol. The van der Waals surface area contributed by atoms with Crippen LogP contribution in [0.4, 0.5) is 4.39 Å². The molecule has 2 aromatic rings. The van der Waals surface area contributed by atoms with Gasteiger partial charge in [0.05, 0.1) is 5.02 Å². The summed E-state index contributed by atoms with van der Waals surface area (Å²) in [6.45, 7) is 1.80. The van der Waals surface area contributed by atoms with Crippen LogP contribution in [0, 0.1) is 5.82 Å². The van der Waals surface area contributed by atoms with Gasteiger partial charge in [0, 0.05) is 13.1 Å². The zero-order chi connectivity index (χ0) is 13.5. The zero-order valence-corrected chi connectivity index (χ0v) is 11.2. The van der Waals surface area contributed by atoms with Gasteiger partial charge in [-0.05, 0) is 17.7 Å². The van der Waals surface area contributed by atoms with Crippen LogP contribution in [-0.4, -0.2) is 13.2 Å². The van der Waals surface area contributed by atoms with Crippen molar-refractivity contribution in [1.29, 1.82) is 0 Å². The summed E-state index contributed by atoms with van der Waals surface area (Å²) in [6, 6.07) is 14.8. The highest BCUT2D eigenvalue weighted by Gasteiger charge is 2.06. The van der Waals surface area contributed by atoms with Crippen LogP contribution >= 0.6 is 11.6 Å². The van der Waals surface area contributed by atoms with E-state index in [0.717, 1.165) is 6.54 Å². The van der Waals surface area contributed by atoms with Gasteiger partial charge in [0.25, 0.3) is 0 Å². The van der Waals surface area contributed by atoms with Crippen molar-refractivity contribution in [3.8, 4) is 5.75 Å². The van der Waals surface area contributed by atoms with Gasteiger partial charge in [-0.15, -0.1) is 0 Å². The van der Waals surface area contributed by atoms with E-state index in [4.69, 9.17) is 16.3 Å². The van der Waals surface area contributed by atoms with Crippen LogP contribution < -0.4 is 10.1 Å². The molecule has 0 saturated carbocycles. The van der Waals surface area contributed by atoms with Crippen LogP contribution in [-0.2, 0) is 6.54 Å². The number of hydrogen-bond acceptors (Lipinski definition) is 2. The molecule has 0 bridgehead atoms. The van der Waals surface area contributed by atoms with E-state index in [2.05, 4.69) is 5.32 Å². The molecule has 0 aromatic heterocycles. The highest BCUT2D eigenvalue weighted by Crippen LogP contribution is 2.23. The molecule has 4 heteroatoms. The molecular formula is C15H15ClFNO. The van der Waals surface area contributed by atoms with Gasteiger partial charge >= 0.3 is 0 Å². The Morgan fingerprint density at radius 3 is 2.63 bits per heavy atom. The molecule has 0 radical (unpaired) electrons. The summed E-state index contributed by atoms with van der Waals surface area (Å²) in [5.74, 6) is -0.318. The van der Waals surface area contributed by atoms with Crippen molar-refractivity contribution in [2.24, 2.45) is 0 Å². The van der Waals surface area contributed by atoms with Gasteiger partial charge < -0.3 is 10.1 Å². The maximum absolute atomic E-state index is 13.5. The molecule has 0 amide bonds. The summed E-state index contributed by atoms with van der Waals surface area (Å²) in [5.41, 5.74) is 1.21. The Kier molecular flexibility index (Phi) is 5.19. The van der Waals surface area contributed by atoms with Crippen molar-refractivity contribution in [2.75, 3.05) is 13.2 Å². The predicted molar refractivity (Wildman–Crippen MR) is 75.1 cm³/mol. The highest BCUT2D eigenvalue weighted by molar-refractivity contribution is 6.30. The van der Waals surface area contributed by atoms with E-state index in [-0.39, 0.29) is 10.8 Å². The molecule has 19 heavy (non-hydrogen) atoms. The van der Waals surface area contributed by atoms with E-state index in [9.17, 15) is 4.39 Å². The first-order valence-electron chi connectivity index (χ1n) is 6.09. The lowest BCUT2D eigenvalue weighted by Gasteiger charge is -2.09. The molecule has 0 aliphatic heterocycles. The number of nitrogens with one attached hydrogen (secondary N) is 1. The third kappa shape index (κ3) is 4.23. The quantitative estimate of drug-likeness (QED) is 0.815. The zero-order valence-electron chi connectivity index (χ0n) is 10.4. The Labute approximate surface area is 117 Å². The molecule has 0 spiro atoms. The Bertz CT molecular complexity index is 519. The van der Waals surface area contributed by atoms with Crippen molar-refractivity contribution < 1.29 is 9.13 Å². The Morgan fingerprint density at radius 2 is 1.84 bits per heavy atom. The third-order valence-electron chi connectivity index (χ3n) is 2.62. The monoisotopic (exact) mass is 279 g/mol. The average Bonchev–Trinajstić information content (AvgIpc) is 2.44. The van der Waals surface area contributed by atoms with Crippen LogP contribution in [0.25, 0.3) is 0 Å². The van der Waals surface area contributed by atoms with Crippen LogP contribution in [0.3, 0.4) is 0 Å². The SMILES string of the molecule is Fc1c(Cl)cccc1OCCNCc1ccccc1. The first-order chi connectivity index (χ1) is 9.27. The van der Waals surface area contributed by atoms with Gasteiger partial charge in [0.15, 0.2) is 11.6 Å². The van der Waals surface area contributed by atoms with Crippen molar-refractivity contribution in [1.82, 2.24) is 5.32 Å². The second kappa shape index (κ2) is 7.12. The molecule has 0 fully saturated rings. The fraction of sp³-hybridized carbons (Fsp3) is 0.200. The van der Waals surface area contributed by atoms with Gasteiger partial charge in [-0.3, -0.25) is 0 Å². The summed E-state index contributed by atoms with van der Waals surface area (Å²) in [4.78, 5) is 0. The van der Waals surface area contributed by atoms with Gasteiger partial charge in [-0.1, -0.05) is 48.0 Å². The fourth-order valence-electron chi connectivity index (χ4n) is 1.66. The minimum Gasteiger partial charge on any atom is -0.489 e. The lowest BCUT2D eigenvalue weighted by molar-refractivity contribution is 0.298. The molecule has 0 unspecified atom stereocenters.